The summed E-state index contributed by atoms with van der Waals surface area (Å²) in [5.74, 6) is -0.747. The van der Waals surface area contributed by atoms with Gasteiger partial charge in [-0.3, -0.25) is 9.59 Å². The normalized spacial score (nSPS) is 16.0. The third-order valence-electron chi connectivity index (χ3n) is 4.66. The van der Waals surface area contributed by atoms with Crippen molar-refractivity contribution in [3.63, 3.8) is 0 Å². The average molecular weight is 378 g/mol. The summed E-state index contributed by atoms with van der Waals surface area (Å²) in [5.41, 5.74) is 2.88. The van der Waals surface area contributed by atoms with E-state index in [1.54, 1.807) is 23.0 Å². The van der Waals surface area contributed by atoms with Gasteiger partial charge in [0.05, 0.1) is 17.8 Å². The number of para-hydroxylation sites is 1. The molecule has 7 heteroatoms. The smallest absolute Gasteiger partial charge is 0.242 e. The Balaban J connectivity index is 1.64. The van der Waals surface area contributed by atoms with Gasteiger partial charge >= 0.3 is 0 Å². The van der Waals surface area contributed by atoms with Crippen LogP contribution in [0.3, 0.4) is 0 Å². The summed E-state index contributed by atoms with van der Waals surface area (Å²) < 4.78 is 15.0. The molecule has 1 fully saturated rings. The van der Waals surface area contributed by atoms with Crippen LogP contribution in [-0.4, -0.2) is 34.2 Å². The second-order valence-corrected chi connectivity index (χ2v) is 6.67. The van der Waals surface area contributed by atoms with E-state index in [2.05, 4.69) is 15.7 Å². The molecule has 2 N–H and O–H groups in total. The Kier molecular flexibility index (Phi) is 4.89. The molecule has 4 rings (SSSR count). The van der Waals surface area contributed by atoms with Crippen LogP contribution in [0.25, 0.3) is 16.9 Å². The first-order valence-electron chi connectivity index (χ1n) is 9.07. The van der Waals surface area contributed by atoms with Gasteiger partial charge in [-0.1, -0.05) is 18.2 Å². The molecule has 0 bridgehead atoms. The SMILES string of the molecule is O=C(Cc1cn(-c2ccccc2)nc1-c1ccc(F)cc1)NC1CCNC1=O. The van der Waals surface area contributed by atoms with Crippen molar-refractivity contribution in [2.75, 3.05) is 6.54 Å². The maximum atomic E-state index is 13.3. The van der Waals surface area contributed by atoms with Gasteiger partial charge in [-0.05, 0) is 42.8 Å². The lowest BCUT2D eigenvalue weighted by Crippen LogP contribution is -2.40. The summed E-state index contributed by atoms with van der Waals surface area (Å²) in [5, 5.41) is 10.1. The zero-order chi connectivity index (χ0) is 19.5. The molecule has 1 aliphatic heterocycles. The number of amides is 2. The molecule has 1 aliphatic rings. The lowest BCUT2D eigenvalue weighted by Gasteiger charge is -2.09. The highest BCUT2D eigenvalue weighted by Crippen LogP contribution is 2.24. The van der Waals surface area contributed by atoms with E-state index in [1.807, 2.05) is 30.3 Å². The number of hydrogen-bond acceptors (Lipinski definition) is 3. The minimum Gasteiger partial charge on any atom is -0.354 e. The van der Waals surface area contributed by atoms with Gasteiger partial charge < -0.3 is 10.6 Å². The largest absolute Gasteiger partial charge is 0.354 e. The fourth-order valence-electron chi connectivity index (χ4n) is 3.25. The van der Waals surface area contributed by atoms with Crippen LogP contribution in [0.15, 0.2) is 60.8 Å². The number of carbonyl (C=O) groups excluding carboxylic acids is 2. The van der Waals surface area contributed by atoms with Crippen molar-refractivity contribution in [3.05, 3.63) is 72.2 Å². The van der Waals surface area contributed by atoms with E-state index in [0.717, 1.165) is 11.3 Å². The van der Waals surface area contributed by atoms with Crippen molar-refractivity contribution < 1.29 is 14.0 Å². The van der Waals surface area contributed by atoms with Crippen LogP contribution in [0, 0.1) is 5.82 Å². The molecule has 6 nitrogen and oxygen atoms in total. The summed E-state index contributed by atoms with van der Waals surface area (Å²) >= 11 is 0. The third-order valence-corrected chi connectivity index (χ3v) is 4.66. The van der Waals surface area contributed by atoms with Gasteiger partial charge in [0, 0.05) is 23.9 Å². The van der Waals surface area contributed by atoms with E-state index in [1.165, 1.54) is 12.1 Å². The van der Waals surface area contributed by atoms with Crippen LogP contribution in [0.1, 0.15) is 12.0 Å². The van der Waals surface area contributed by atoms with Crippen LogP contribution in [0.4, 0.5) is 4.39 Å². The van der Waals surface area contributed by atoms with Crippen LogP contribution in [-0.2, 0) is 16.0 Å². The van der Waals surface area contributed by atoms with Crippen molar-refractivity contribution in [2.45, 2.75) is 18.9 Å². The third kappa shape index (κ3) is 3.78. The van der Waals surface area contributed by atoms with Crippen LogP contribution in [0.5, 0.6) is 0 Å². The second kappa shape index (κ2) is 7.64. The Labute approximate surface area is 161 Å². The second-order valence-electron chi connectivity index (χ2n) is 6.67. The van der Waals surface area contributed by atoms with Gasteiger partial charge in [-0.15, -0.1) is 0 Å². The maximum absolute atomic E-state index is 13.3. The number of rotatable bonds is 5. The lowest BCUT2D eigenvalue weighted by atomic mass is 10.1. The quantitative estimate of drug-likeness (QED) is 0.715. The van der Waals surface area contributed by atoms with E-state index in [0.29, 0.717) is 24.2 Å². The van der Waals surface area contributed by atoms with Crippen molar-refractivity contribution in [2.24, 2.45) is 0 Å². The molecular weight excluding hydrogens is 359 g/mol. The van der Waals surface area contributed by atoms with Gasteiger partial charge in [0.15, 0.2) is 0 Å². The summed E-state index contributed by atoms with van der Waals surface area (Å²) in [4.78, 5) is 24.2. The zero-order valence-electron chi connectivity index (χ0n) is 15.1. The first kappa shape index (κ1) is 17.9. The van der Waals surface area contributed by atoms with Gasteiger partial charge in [-0.25, -0.2) is 9.07 Å². The first-order valence-corrected chi connectivity index (χ1v) is 9.07. The number of hydrogen-bond donors (Lipinski definition) is 2. The molecule has 0 radical (unpaired) electrons. The molecule has 3 aromatic rings. The number of nitrogens with zero attached hydrogens (tertiary/aromatic N) is 2. The Morgan fingerprint density at radius 3 is 2.61 bits per heavy atom. The Morgan fingerprint density at radius 1 is 1.18 bits per heavy atom. The molecule has 2 aromatic carbocycles. The molecule has 2 amide bonds. The van der Waals surface area contributed by atoms with Gasteiger partial charge in [-0.2, -0.15) is 5.10 Å². The van der Waals surface area contributed by atoms with E-state index in [4.69, 9.17) is 0 Å². The summed E-state index contributed by atoms with van der Waals surface area (Å²) in [6.07, 6.45) is 2.45. The molecular formula is C21H19FN4O2. The molecule has 1 saturated heterocycles. The van der Waals surface area contributed by atoms with Crippen molar-refractivity contribution in [3.8, 4) is 16.9 Å². The van der Waals surface area contributed by atoms with Crippen LogP contribution >= 0.6 is 0 Å². The molecule has 1 aromatic heterocycles. The molecule has 0 saturated carbocycles. The van der Waals surface area contributed by atoms with Crippen LogP contribution in [0.2, 0.25) is 0 Å². The lowest BCUT2D eigenvalue weighted by molar-refractivity contribution is -0.127. The average Bonchev–Trinajstić information content (AvgIpc) is 3.30. The van der Waals surface area contributed by atoms with E-state index in [9.17, 15) is 14.0 Å². The van der Waals surface area contributed by atoms with E-state index >= 15 is 0 Å². The van der Waals surface area contributed by atoms with Gasteiger partial charge in [0.2, 0.25) is 11.8 Å². The number of nitrogens with one attached hydrogen (secondary N) is 2. The number of benzene rings is 2. The van der Waals surface area contributed by atoms with Crippen molar-refractivity contribution in [1.29, 1.82) is 0 Å². The Morgan fingerprint density at radius 2 is 1.93 bits per heavy atom. The predicted octanol–water partition coefficient (Wildman–Crippen LogP) is 2.23. The molecule has 1 unspecified atom stereocenters. The summed E-state index contributed by atoms with van der Waals surface area (Å²) in [6, 6.07) is 15.0. The number of carbonyl (C=O) groups is 2. The van der Waals surface area contributed by atoms with E-state index < -0.39 is 6.04 Å². The van der Waals surface area contributed by atoms with Crippen LogP contribution < -0.4 is 10.6 Å². The zero-order valence-corrected chi connectivity index (χ0v) is 15.1. The highest BCUT2D eigenvalue weighted by Gasteiger charge is 2.26. The standard InChI is InChI=1S/C21H19FN4O2/c22-16-8-6-14(7-9-16)20-15(12-19(27)24-18-10-11-23-21(18)28)13-26(25-20)17-4-2-1-3-5-17/h1-9,13,18H,10-12H2,(H,23,28)(H,24,27). The van der Waals surface area contributed by atoms with Crippen molar-refractivity contribution >= 4 is 11.8 Å². The van der Waals surface area contributed by atoms with E-state index in [-0.39, 0.29) is 24.1 Å². The predicted molar refractivity (Wildman–Crippen MR) is 102 cm³/mol. The maximum Gasteiger partial charge on any atom is 0.242 e. The summed E-state index contributed by atoms with van der Waals surface area (Å²) in [6.45, 7) is 0.566. The molecule has 142 valence electrons. The Hall–Kier alpha value is -3.48. The molecule has 2 heterocycles. The van der Waals surface area contributed by atoms with Crippen molar-refractivity contribution in [1.82, 2.24) is 20.4 Å². The fraction of sp³-hybridized carbons (Fsp3) is 0.190. The summed E-state index contributed by atoms with van der Waals surface area (Å²) in [7, 11) is 0. The van der Waals surface area contributed by atoms with Gasteiger partial charge in [0.1, 0.15) is 11.9 Å². The minimum atomic E-state index is -0.495. The van der Waals surface area contributed by atoms with Gasteiger partial charge in [0.25, 0.3) is 0 Å². The highest BCUT2D eigenvalue weighted by molar-refractivity contribution is 5.90. The Bertz CT molecular complexity index is 999. The molecule has 0 spiro atoms. The topological polar surface area (TPSA) is 76.0 Å². The number of halogens is 1. The molecule has 1 atom stereocenters. The first-order chi connectivity index (χ1) is 13.6. The fourth-order valence-corrected chi connectivity index (χ4v) is 3.25. The highest BCUT2D eigenvalue weighted by atomic mass is 19.1. The minimum absolute atomic E-state index is 0.0727. The number of aromatic nitrogens is 2. The molecule has 28 heavy (non-hydrogen) atoms. The molecule has 0 aliphatic carbocycles. The monoisotopic (exact) mass is 378 g/mol.